The Labute approximate surface area is 95.1 Å². The highest BCUT2D eigenvalue weighted by Crippen LogP contribution is 2.14. The second-order valence-corrected chi connectivity index (χ2v) is 5.11. The van der Waals surface area contributed by atoms with Gasteiger partial charge in [-0.1, -0.05) is 0 Å². The molecule has 0 saturated carbocycles. The number of hydrogen-bond donors (Lipinski definition) is 1. The minimum atomic E-state index is 0.580. The fourth-order valence-electron chi connectivity index (χ4n) is 1.78. The van der Waals surface area contributed by atoms with E-state index in [9.17, 15) is 0 Å². The maximum Gasteiger partial charge on any atom is 0.115 e. The molecule has 0 aromatic carbocycles. The molecule has 1 atom stereocenters. The van der Waals surface area contributed by atoms with Crippen LogP contribution in [0.15, 0.2) is 6.33 Å². The number of thioether (sulfide) groups is 1. The predicted molar refractivity (Wildman–Crippen MR) is 64.3 cm³/mol. The van der Waals surface area contributed by atoms with Gasteiger partial charge in [-0.2, -0.15) is 11.8 Å². The van der Waals surface area contributed by atoms with Crippen molar-refractivity contribution < 1.29 is 0 Å². The monoisotopic (exact) mass is 223 g/mol. The summed E-state index contributed by atoms with van der Waals surface area (Å²) in [5, 5.41) is 3.53. The highest BCUT2D eigenvalue weighted by Gasteiger charge is 2.15. The van der Waals surface area contributed by atoms with Gasteiger partial charge in [0.15, 0.2) is 0 Å². The van der Waals surface area contributed by atoms with Gasteiger partial charge in [-0.25, -0.2) is 9.97 Å². The van der Waals surface area contributed by atoms with Crippen LogP contribution in [0.2, 0.25) is 0 Å². The molecule has 1 unspecified atom stereocenters. The Kier molecular flexibility index (Phi) is 3.59. The summed E-state index contributed by atoms with van der Waals surface area (Å²) in [6.07, 6.45) is 2.70. The summed E-state index contributed by atoms with van der Waals surface area (Å²) in [4.78, 5) is 8.57. The van der Waals surface area contributed by atoms with Crippen LogP contribution in [0.25, 0.3) is 0 Å². The van der Waals surface area contributed by atoms with E-state index in [1.807, 2.05) is 18.7 Å². The van der Waals surface area contributed by atoms with E-state index in [1.54, 1.807) is 6.33 Å². The number of rotatable bonds is 2. The molecule has 1 N–H and O–H groups in total. The largest absolute Gasteiger partial charge is 0.312 e. The van der Waals surface area contributed by atoms with E-state index in [0.717, 1.165) is 18.7 Å². The summed E-state index contributed by atoms with van der Waals surface area (Å²) in [6.45, 7) is 5.28. The normalized spacial score (nSPS) is 21.6. The molecular weight excluding hydrogens is 206 g/mol. The zero-order valence-electron chi connectivity index (χ0n) is 9.29. The minimum Gasteiger partial charge on any atom is -0.312 e. The molecule has 0 spiro atoms. The van der Waals surface area contributed by atoms with Crippen LogP contribution in [0, 0.1) is 13.8 Å². The van der Waals surface area contributed by atoms with Crippen LogP contribution in [-0.4, -0.2) is 34.1 Å². The lowest BCUT2D eigenvalue weighted by Gasteiger charge is -2.23. The fraction of sp³-hybridized carbons (Fsp3) is 0.636. The Morgan fingerprint density at radius 3 is 3.07 bits per heavy atom. The summed E-state index contributed by atoms with van der Waals surface area (Å²) in [5.74, 6) is 2.43. The molecule has 3 nitrogen and oxygen atoms in total. The van der Waals surface area contributed by atoms with Crippen LogP contribution in [-0.2, 0) is 6.42 Å². The Hall–Kier alpha value is -0.610. The van der Waals surface area contributed by atoms with Gasteiger partial charge < -0.3 is 5.32 Å². The first-order valence-corrected chi connectivity index (χ1v) is 6.51. The molecule has 1 aromatic heterocycles. The Balaban J connectivity index is 2.06. The maximum atomic E-state index is 4.37. The summed E-state index contributed by atoms with van der Waals surface area (Å²) >= 11 is 2.03. The minimum absolute atomic E-state index is 0.580. The van der Waals surface area contributed by atoms with Gasteiger partial charge in [0, 0.05) is 41.9 Å². The zero-order valence-corrected chi connectivity index (χ0v) is 10.1. The number of aryl methyl sites for hydroxylation is 1. The van der Waals surface area contributed by atoms with Crippen molar-refractivity contribution >= 4 is 11.8 Å². The first kappa shape index (κ1) is 10.9. The quantitative estimate of drug-likeness (QED) is 0.821. The average Bonchev–Trinajstić information content (AvgIpc) is 2.26. The fourth-order valence-corrected chi connectivity index (χ4v) is 2.73. The Bertz CT molecular complexity index is 335. The van der Waals surface area contributed by atoms with Crippen LogP contribution < -0.4 is 5.32 Å². The molecular formula is C11H17N3S. The van der Waals surface area contributed by atoms with Gasteiger partial charge in [-0.15, -0.1) is 0 Å². The molecule has 1 aliphatic rings. The second-order valence-electron chi connectivity index (χ2n) is 3.96. The van der Waals surface area contributed by atoms with Gasteiger partial charge in [0.2, 0.25) is 0 Å². The van der Waals surface area contributed by atoms with Gasteiger partial charge in [0.25, 0.3) is 0 Å². The average molecular weight is 223 g/mol. The van der Waals surface area contributed by atoms with Crippen LogP contribution in [0.5, 0.6) is 0 Å². The number of aromatic nitrogens is 2. The Morgan fingerprint density at radius 1 is 1.47 bits per heavy atom. The van der Waals surface area contributed by atoms with Crippen molar-refractivity contribution in [3.05, 3.63) is 23.3 Å². The Morgan fingerprint density at radius 2 is 2.33 bits per heavy atom. The molecule has 1 fully saturated rings. The van der Waals surface area contributed by atoms with Gasteiger partial charge in [0.1, 0.15) is 6.33 Å². The van der Waals surface area contributed by atoms with Crippen LogP contribution in [0.4, 0.5) is 0 Å². The van der Waals surface area contributed by atoms with Crippen molar-refractivity contribution in [3.8, 4) is 0 Å². The summed E-state index contributed by atoms with van der Waals surface area (Å²) in [6, 6.07) is 0.580. The molecule has 82 valence electrons. The second kappa shape index (κ2) is 4.94. The molecule has 0 amide bonds. The van der Waals surface area contributed by atoms with Crippen molar-refractivity contribution in [2.45, 2.75) is 26.3 Å². The van der Waals surface area contributed by atoms with Gasteiger partial charge >= 0.3 is 0 Å². The van der Waals surface area contributed by atoms with E-state index < -0.39 is 0 Å². The first-order valence-electron chi connectivity index (χ1n) is 5.35. The van der Waals surface area contributed by atoms with E-state index in [0.29, 0.717) is 6.04 Å². The highest BCUT2D eigenvalue weighted by molar-refractivity contribution is 7.99. The van der Waals surface area contributed by atoms with Crippen molar-refractivity contribution in [3.63, 3.8) is 0 Å². The summed E-state index contributed by atoms with van der Waals surface area (Å²) in [7, 11) is 0. The molecule has 1 aliphatic heterocycles. The van der Waals surface area contributed by atoms with Gasteiger partial charge in [-0.3, -0.25) is 0 Å². The lowest BCUT2D eigenvalue weighted by atomic mass is 10.1. The third-order valence-electron chi connectivity index (χ3n) is 2.88. The molecule has 1 aromatic rings. The van der Waals surface area contributed by atoms with E-state index in [1.165, 1.54) is 22.8 Å². The first-order chi connectivity index (χ1) is 7.27. The molecule has 0 aliphatic carbocycles. The maximum absolute atomic E-state index is 4.37. The van der Waals surface area contributed by atoms with E-state index in [4.69, 9.17) is 0 Å². The topological polar surface area (TPSA) is 37.8 Å². The molecule has 2 heterocycles. The van der Waals surface area contributed by atoms with Crippen molar-refractivity contribution in [1.29, 1.82) is 0 Å². The lowest BCUT2D eigenvalue weighted by molar-refractivity contribution is 0.555. The highest BCUT2D eigenvalue weighted by atomic mass is 32.2. The number of nitrogens with one attached hydrogen (secondary N) is 1. The third-order valence-corrected chi connectivity index (χ3v) is 4.01. The number of nitrogens with zero attached hydrogens (tertiary/aromatic N) is 2. The van der Waals surface area contributed by atoms with Crippen LogP contribution in [0.1, 0.15) is 17.0 Å². The van der Waals surface area contributed by atoms with Crippen molar-refractivity contribution in [1.82, 2.24) is 15.3 Å². The van der Waals surface area contributed by atoms with Crippen molar-refractivity contribution in [2.24, 2.45) is 0 Å². The molecule has 0 radical (unpaired) electrons. The molecule has 2 rings (SSSR count). The van der Waals surface area contributed by atoms with E-state index in [-0.39, 0.29) is 0 Å². The molecule has 15 heavy (non-hydrogen) atoms. The molecule has 0 bridgehead atoms. The molecule has 4 heteroatoms. The third kappa shape index (κ3) is 2.69. The van der Waals surface area contributed by atoms with Gasteiger partial charge in [-0.05, 0) is 19.4 Å². The van der Waals surface area contributed by atoms with E-state index in [2.05, 4.69) is 22.2 Å². The smallest absolute Gasteiger partial charge is 0.115 e. The number of hydrogen-bond acceptors (Lipinski definition) is 4. The standard InChI is InChI=1S/C11H17N3S/c1-8-9(2)13-7-14-11(8)5-10-6-15-4-3-12-10/h7,10,12H,3-6H2,1-2H3. The molecule has 1 saturated heterocycles. The van der Waals surface area contributed by atoms with Crippen molar-refractivity contribution in [2.75, 3.05) is 18.1 Å². The lowest BCUT2D eigenvalue weighted by Crippen LogP contribution is -2.39. The predicted octanol–water partition coefficient (Wildman–Crippen LogP) is 1.34. The van der Waals surface area contributed by atoms with Gasteiger partial charge in [0.05, 0.1) is 0 Å². The van der Waals surface area contributed by atoms with E-state index >= 15 is 0 Å². The SMILES string of the molecule is Cc1ncnc(CC2CSCCN2)c1C. The zero-order chi connectivity index (χ0) is 10.7. The van der Waals surface area contributed by atoms with Crippen LogP contribution in [0.3, 0.4) is 0 Å². The van der Waals surface area contributed by atoms with Crippen LogP contribution >= 0.6 is 11.8 Å². The summed E-state index contributed by atoms with van der Waals surface area (Å²) in [5.41, 5.74) is 3.54. The summed E-state index contributed by atoms with van der Waals surface area (Å²) < 4.78 is 0.